The quantitative estimate of drug-likeness (QED) is 0.109. The summed E-state index contributed by atoms with van der Waals surface area (Å²) in [6.07, 6.45) is 8.71. The van der Waals surface area contributed by atoms with E-state index >= 15 is 0 Å². The second kappa shape index (κ2) is 14.6. The van der Waals surface area contributed by atoms with Gasteiger partial charge >= 0.3 is 5.97 Å². The molecule has 1 amide bonds. The fraction of sp³-hybridized carbons (Fsp3) is 0.400. The Hall–Kier alpha value is -2.57. The summed E-state index contributed by atoms with van der Waals surface area (Å²) in [5, 5.41) is 4.64. The van der Waals surface area contributed by atoms with Crippen molar-refractivity contribution < 1.29 is 19.1 Å². The minimum absolute atomic E-state index is 0.114. The molecule has 0 aliphatic rings. The lowest BCUT2D eigenvalue weighted by Crippen LogP contribution is -2.16. The Morgan fingerprint density at radius 1 is 0.970 bits per heavy atom. The third-order valence-electron chi connectivity index (χ3n) is 4.78. The lowest BCUT2D eigenvalue weighted by molar-refractivity contribution is -0.121. The first-order valence-corrected chi connectivity index (χ1v) is 12.0. The van der Waals surface area contributed by atoms with Crippen molar-refractivity contribution in [3.8, 4) is 11.5 Å². The fourth-order valence-electron chi connectivity index (χ4n) is 3.07. The maximum absolute atomic E-state index is 12.5. The number of amides is 1. The lowest BCUT2D eigenvalue weighted by atomic mass is 10.1. The maximum atomic E-state index is 12.5. The normalized spacial score (nSPS) is 10.9. The van der Waals surface area contributed by atoms with Crippen molar-refractivity contribution in [1.29, 1.82) is 0 Å². The van der Waals surface area contributed by atoms with Crippen LogP contribution < -0.4 is 14.9 Å². The highest BCUT2D eigenvalue weighted by Gasteiger charge is 2.16. The molecular formula is C25H30Cl2N2O4. The third kappa shape index (κ3) is 9.44. The summed E-state index contributed by atoms with van der Waals surface area (Å²) in [7, 11) is 0. The summed E-state index contributed by atoms with van der Waals surface area (Å²) >= 11 is 12.0. The number of nitrogens with zero attached hydrogens (tertiary/aromatic N) is 1. The molecule has 0 aliphatic carbocycles. The fourth-order valence-corrected chi connectivity index (χ4v) is 3.55. The van der Waals surface area contributed by atoms with Gasteiger partial charge in [-0.2, -0.15) is 5.10 Å². The zero-order chi connectivity index (χ0) is 24.1. The topological polar surface area (TPSA) is 77.0 Å². The monoisotopic (exact) mass is 492 g/mol. The highest BCUT2D eigenvalue weighted by atomic mass is 35.5. The molecule has 0 saturated carbocycles. The molecular weight excluding hydrogens is 463 g/mol. The molecule has 0 heterocycles. The summed E-state index contributed by atoms with van der Waals surface area (Å²) in [6.45, 7) is 4.38. The minimum Gasteiger partial charge on any atom is -0.490 e. The number of benzene rings is 2. The van der Waals surface area contributed by atoms with Crippen molar-refractivity contribution in [2.45, 2.75) is 58.8 Å². The van der Waals surface area contributed by atoms with Gasteiger partial charge in [0, 0.05) is 11.4 Å². The number of unbranched alkanes of at least 4 members (excludes halogenated alkanes) is 5. The molecule has 0 radical (unpaired) electrons. The Labute approximate surface area is 205 Å². The largest absolute Gasteiger partial charge is 0.490 e. The number of carbonyl (C=O) groups excluding carboxylic acids is 2. The Morgan fingerprint density at radius 3 is 2.45 bits per heavy atom. The first kappa shape index (κ1) is 26.7. The smallest absolute Gasteiger partial charge is 0.345 e. The van der Waals surface area contributed by atoms with Crippen LogP contribution in [0.2, 0.25) is 10.0 Å². The molecule has 178 valence electrons. The highest BCUT2D eigenvalue weighted by Crippen LogP contribution is 2.30. The van der Waals surface area contributed by atoms with Gasteiger partial charge in [0.05, 0.1) is 23.4 Å². The van der Waals surface area contributed by atoms with E-state index in [1.165, 1.54) is 37.6 Å². The molecule has 0 fully saturated rings. The molecule has 2 rings (SSSR count). The summed E-state index contributed by atoms with van der Waals surface area (Å²) < 4.78 is 11.1. The van der Waals surface area contributed by atoms with Gasteiger partial charge < -0.3 is 9.47 Å². The SMILES string of the molecule is CCCCCCCCC(=O)NN=Cc1ccc(OC(=O)c2ccc(Cl)cc2Cl)c(OCC)c1. The number of esters is 1. The molecule has 8 heteroatoms. The Morgan fingerprint density at radius 2 is 1.73 bits per heavy atom. The Kier molecular flexibility index (Phi) is 11.8. The lowest BCUT2D eigenvalue weighted by Gasteiger charge is -2.12. The van der Waals surface area contributed by atoms with Crippen LogP contribution in [0.3, 0.4) is 0 Å². The average molecular weight is 493 g/mol. The van der Waals surface area contributed by atoms with Crippen LogP contribution in [0, 0.1) is 0 Å². The number of ether oxygens (including phenoxy) is 2. The van der Waals surface area contributed by atoms with E-state index in [-0.39, 0.29) is 22.2 Å². The molecule has 0 atom stereocenters. The number of hydrogen-bond acceptors (Lipinski definition) is 5. The summed E-state index contributed by atoms with van der Waals surface area (Å²) in [6, 6.07) is 9.53. The van der Waals surface area contributed by atoms with Gasteiger partial charge in [-0.05, 0) is 55.3 Å². The predicted octanol–water partition coefficient (Wildman–Crippen LogP) is 6.81. The van der Waals surface area contributed by atoms with Gasteiger partial charge in [-0.25, -0.2) is 10.2 Å². The zero-order valence-corrected chi connectivity index (χ0v) is 20.5. The van der Waals surface area contributed by atoms with E-state index in [9.17, 15) is 9.59 Å². The van der Waals surface area contributed by atoms with E-state index in [2.05, 4.69) is 17.5 Å². The van der Waals surface area contributed by atoms with Crippen molar-refractivity contribution in [3.05, 3.63) is 57.6 Å². The summed E-state index contributed by atoms with van der Waals surface area (Å²) in [4.78, 5) is 24.4. The summed E-state index contributed by atoms with van der Waals surface area (Å²) in [5.41, 5.74) is 3.42. The minimum atomic E-state index is -0.624. The molecule has 0 aromatic heterocycles. The van der Waals surface area contributed by atoms with Crippen LogP contribution in [0.4, 0.5) is 0 Å². The van der Waals surface area contributed by atoms with Crippen LogP contribution >= 0.6 is 23.2 Å². The zero-order valence-electron chi connectivity index (χ0n) is 19.0. The molecule has 0 saturated heterocycles. The number of carbonyl (C=O) groups is 2. The van der Waals surface area contributed by atoms with Crippen molar-refractivity contribution in [2.24, 2.45) is 5.10 Å². The Bertz CT molecular complexity index is 963. The molecule has 0 spiro atoms. The molecule has 0 bridgehead atoms. The number of nitrogens with one attached hydrogen (secondary N) is 1. The summed E-state index contributed by atoms with van der Waals surface area (Å²) in [5.74, 6) is -0.117. The maximum Gasteiger partial charge on any atom is 0.345 e. The first-order valence-electron chi connectivity index (χ1n) is 11.2. The predicted molar refractivity (Wildman–Crippen MR) is 133 cm³/mol. The molecule has 2 aromatic carbocycles. The van der Waals surface area contributed by atoms with E-state index in [0.29, 0.717) is 29.4 Å². The van der Waals surface area contributed by atoms with Gasteiger partial charge in [0.25, 0.3) is 0 Å². The van der Waals surface area contributed by atoms with Crippen molar-refractivity contribution in [2.75, 3.05) is 6.61 Å². The van der Waals surface area contributed by atoms with E-state index in [0.717, 1.165) is 19.3 Å². The number of halogens is 2. The van der Waals surface area contributed by atoms with Gasteiger partial charge in [0.2, 0.25) is 5.91 Å². The van der Waals surface area contributed by atoms with Crippen LogP contribution in [0.15, 0.2) is 41.5 Å². The molecule has 0 unspecified atom stereocenters. The van der Waals surface area contributed by atoms with Gasteiger partial charge in [0.1, 0.15) is 0 Å². The van der Waals surface area contributed by atoms with Crippen LogP contribution in [-0.4, -0.2) is 24.7 Å². The second-order valence-corrected chi connectivity index (χ2v) is 8.31. The second-order valence-electron chi connectivity index (χ2n) is 7.46. The molecule has 2 aromatic rings. The molecule has 33 heavy (non-hydrogen) atoms. The van der Waals surface area contributed by atoms with Gasteiger partial charge in [-0.3, -0.25) is 4.79 Å². The van der Waals surface area contributed by atoms with Gasteiger partial charge in [-0.15, -0.1) is 0 Å². The van der Waals surface area contributed by atoms with Crippen LogP contribution in [0.25, 0.3) is 0 Å². The molecule has 1 N–H and O–H groups in total. The van der Waals surface area contributed by atoms with Crippen molar-refractivity contribution in [1.82, 2.24) is 5.43 Å². The van der Waals surface area contributed by atoms with E-state index in [1.807, 2.05) is 6.92 Å². The van der Waals surface area contributed by atoms with Gasteiger partial charge in [-0.1, -0.05) is 62.2 Å². The van der Waals surface area contributed by atoms with Crippen molar-refractivity contribution >= 4 is 41.3 Å². The standard InChI is InChI=1S/C25H30Cl2N2O4/c1-3-5-6-7-8-9-10-24(30)29-28-17-18-11-14-22(23(15-18)32-4-2)33-25(31)20-13-12-19(26)16-21(20)27/h11-17H,3-10H2,1-2H3,(H,29,30). The van der Waals surface area contributed by atoms with Crippen molar-refractivity contribution in [3.63, 3.8) is 0 Å². The van der Waals surface area contributed by atoms with Crippen LogP contribution in [0.1, 0.15) is 74.7 Å². The third-order valence-corrected chi connectivity index (χ3v) is 5.33. The molecule has 6 nitrogen and oxygen atoms in total. The number of hydrogen-bond donors (Lipinski definition) is 1. The molecule has 0 aliphatic heterocycles. The van der Waals surface area contributed by atoms with Crippen LogP contribution in [0.5, 0.6) is 11.5 Å². The number of hydrazone groups is 1. The Balaban J connectivity index is 1.94. The van der Waals surface area contributed by atoms with Gasteiger partial charge in [0.15, 0.2) is 11.5 Å². The van der Waals surface area contributed by atoms with E-state index in [1.54, 1.807) is 24.3 Å². The number of rotatable bonds is 13. The van der Waals surface area contributed by atoms with Crippen LogP contribution in [-0.2, 0) is 4.79 Å². The first-order chi connectivity index (χ1) is 15.9. The van der Waals surface area contributed by atoms with E-state index < -0.39 is 5.97 Å². The average Bonchev–Trinajstić information content (AvgIpc) is 2.78. The van der Waals surface area contributed by atoms with E-state index in [4.69, 9.17) is 32.7 Å². The highest BCUT2D eigenvalue weighted by molar-refractivity contribution is 6.36.